The Hall–Kier alpha value is -5.57. The third-order valence-electron chi connectivity index (χ3n) is 11.0. The first-order chi connectivity index (χ1) is 28.0. The van der Waals surface area contributed by atoms with Gasteiger partial charge in [0.1, 0.15) is 23.9 Å². The minimum atomic E-state index is -4.80. The number of alkyl halides is 3. The van der Waals surface area contributed by atoms with E-state index in [1.165, 1.54) is 6.07 Å². The highest BCUT2D eigenvalue weighted by molar-refractivity contribution is 7.81. The summed E-state index contributed by atoms with van der Waals surface area (Å²) in [4.78, 5) is 57.4. The second-order valence-corrected chi connectivity index (χ2v) is 15.8. The van der Waals surface area contributed by atoms with E-state index in [0.29, 0.717) is 55.5 Å². The van der Waals surface area contributed by atoms with Crippen LogP contribution in [0.2, 0.25) is 0 Å². The number of piperidine rings is 1. The van der Waals surface area contributed by atoms with Crippen LogP contribution in [0.1, 0.15) is 69.6 Å². The van der Waals surface area contributed by atoms with Crippen LogP contribution in [0.4, 0.5) is 35.9 Å². The van der Waals surface area contributed by atoms with E-state index in [4.69, 9.17) is 17.0 Å². The molecule has 0 radical (unpaired) electrons. The Balaban J connectivity index is 1.03. The number of carbonyl (C=O) groups is 4. The number of benzene rings is 3. The summed E-state index contributed by atoms with van der Waals surface area (Å²) in [6, 6.07) is 16.8. The summed E-state index contributed by atoms with van der Waals surface area (Å²) in [5.41, 5.74) is -0.230. The van der Waals surface area contributed by atoms with Crippen molar-refractivity contribution >= 4 is 63.7 Å². The number of piperazine rings is 1. The molecule has 0 spiro atoms. The molecular formula is C42H47F3N8O5S. The molecular weight excluding hydrogens is 786 g/mol. The van der Waals surface area contributed by atoms with Gasteiger partial charge in [-0.3, -0.25) is 39.2 Å². The van der Waals surface area contributed by atoms with Gasteiger partial charge in [0.05, 0.1) is 29.4 Å². The van der Waals surface area contributed by atoms with Crippen molar-refractivity contribution < 1.29 is 37.1 Å². The number of anilines is 4. The fourth-order valence-electron chi connectivity index (χ4n) is 7.45. The van der Waals surface area contributed by atoms with Crippen molar-refractivity contribution in [2.45, 2.75) is 70.6 Å². The number of hydrogen-bond donors (Lipinski definition) is 3. The summed E-state index contributed by atoms with van der Waals surface area (Å²) in [5, 5.41) is 17.7. The van der Waals surface area contributed by atoms with E-state index in [1.807, 2.05) is 12.1 Å². The van der Waals surface area contributed by atoms with Crippen molar-refractivity contribution in [2.24, 2.45) is 0 Å². The lowest BCUT2D eigenvalue weighted by molar-refractivity contribution is -0.138. The van der Waals surface area contributed by atoms with E-state index < -0.39 is 34.8 Å². The Labute approximate surface area is 346 Å². The topological polar surface area (TPSA) is 150 Å². The zero-order valence-electron chi connectivity index (χ0n) is 33.3. The molecule has 0 aliphatic carbocycles. The summed E-state index contributed by atoms with van der Waals surface area (Å²) in [7, 11) is 0. The van der Waals surface area contributed by atoms with Crippen molar-refractivity contribution in [3.63, 3.8) is 0 Å². The quantitative estimate of drug-likeness (QED) is 0.141. The Kier molecular flexibility index (Phi) is 12.9. The highest BCUT2D eigenvalue weighted by Gasteiger charge is 2.51. The maximum atomic E-state index is 13.8. The SMILES string of the molecule is CCC(C)c1cc(N2C(=S)N(c3ccc(C#N)c(C(F)(F)F)c3)C(=O)C2(C)C)ccc1OCCN1CCN(CC(=O)Nc2cccc(NC3CCC(=O)NC3=O)c2)CC1. The summed E-state index contributed by atoms with van der Waals surface area (Å²) < 4.78 is 47.8. The van der Waals surface area contributed by atoms with Gasteiger partial charge in [0.2, 0.25) is 17.7 Å². The molecule has 0 bridgehead atoms. The molecule has 3 aromatic rings. The normalized spacial score (nSPS) is 19.3. The fourth-order valence-corrected chi connectivity index (χ4v) is 7.97. The molecule has 2 atom stereocenters. The van der Waals surface area contributed by atoms with Crippen LogP contribution >= 0.6 is 12.2 Å². The van der Waals surface area contributed by atoms with Crippen LogP contribution in [0, 0.1) is 11.3 Å². The Morgan fingerprint density at radius 1 is 1.02 bits per heavy atom. The average Bonchev–Trinajstić information content (AvgIpc) is 3.37. The lowest BCUT2D eigenvalue weighted by atomic mass is 9.95. The van der Waals surface area contributed by atoms with E-state index in [0.717, 1.165) is 42.1 Å². The molecule has 2 unspecified atom stereocenters. The highest BCUT2D eigenvalue weighted by atomic mass is 32.1. The van der Waals surface area contributed by atoms with Gasteiger partial charge >= 0.3 is 6.18 Å². The maximum Gasteiger partial charge on any atom is 0.417 e. The zero-order valence-corrected chi connectivity index (χ0v) is 34.1. The number of nitrogens with one attached hydrogen (secondary N) is 3. The number of ether oxygens (including phenoxy) is 1. The number of carbonyl (C=O) groups excluding carboxylic acids is 4. The lowest BCUT2D eigenvalue weighted by Gasteiger charge is -2.34. The molecule has 13 nitrogen and oxygen atoms in total. The number of thiocarbonyl (C=S) groups is 1. The number of nitriles is 1. The molecule has 17 heteroatoms. The van der Waals surface area contributed by atoms with Crippen molar-refractivity contribution in [1.29, 1.82) is 5.26 Å². The zero-order chi connectivity index (χ0) is 42.6. The molecule has 0 aromatic heterocycles. The molecule has 3 aliphatic heterocycles. The predicted octanol–water partition coefficient (Wildman–Crippen LogP) is 5.86. The average molecular weight is 833 g/mol. The smallest absolute Gasteiger partial charge is 0.417 e. The Morgan fingerprint density at radius 2 is 1.71 bits per heavy atom. The van der Waals surface area contributed by atoms with Gasteiger partial charge in [-0.15, -0.1) is 0 Å². The molecule has 59 heavy (non-hydrogen) atoms. The van der Waals surface area contributed by atoms with Crippen LogP contribution in [0.5, 0.6) is 5.75 Å². The summed E-state index contributed by atoms with van der Waals surface area (Å²) in [6.07, 6.45) is -3.34. The largest absolute Gasteiger partial charge is 0.492 e. The van der Waals surface area contributed by atoms with Gasteiger partial charge in [0.25, 0.3) is 5.91 Å². The standard InChI is InChI=1S/C42H47F3N8O5S/c1-5-26(2)32-22-31(53-40(59)52(39(57)41(53,3)4)30-10-9-27(24-46)33(23-30)42(43,44)45)11-13-35(32)58-20-19-50-15-17-51(18-16-50)25-37(55)48-29-8-6-7-28(21-29)47-34-12-14-36(54)49-38(34)56/h6-11,13,21-23,26,34,47H,5,12,14-20,25H2,1-4H3,(H,48,55)(H,49,54,56). The van der Waals surface area contributed by atoms with E-state index in [2.05, 4.69) is 39.6 Å². The molecule has 6 rings (SSSR count). The van der Waals surface area contributed by atoms with Crippen LogP contribution in [0.15, 0.2) is 60.7 Å². The summed E-state index contributed by atoms with van der Waals surface area (Å²) in [5.74, 6) is -0.550. The molecule has 3 fully saturated rings. The molecule has 4 amide bonds. The van der Waals surface area contributed by atoms with Crippen LogP contribution in [0.25, 0.3) is 0 Å². The lowest BCUT2D eigenvalue weighted by Crippen LogP contribution is -2.49. The van der Waals surface area contributed by atoms with Gasteiger partial charge < -0.3 is 20.3 Å². The molecule has 0 saturated carbocycles. The number of nitrogens with zero attached hydrogens (tertiary/aromatic N) is 5. The maximum absolute atomic E-state index is 13.8. The number of halogens is 3. The van der Waals surface area contributed by atoms with E-state index in [9.17, 15) is 37.6 Å². The van der Waals surface area contributed by atoms with Crippen LogP contribution in [0.3, 0.4) is 0 Å². The highest BCUT2D eigenvalue weighted by Crippen LogP contribution is 2.41. The number of imide groups is 1. The van der Waals surface area contributed by atoms with Crippen molar-refractivity contribution in [1.82, 2.24) is 15.1 Å². The van der Waals surface area contributed by atoms with Gasteiger partial charge in [0.15, 0.2) is 5.11 Å². The van der Waals surface area contributed by atoms with Crippen molar-refractivity contribution in [2.75, 3.05) is 66.3 Å². The molecule has 3 aromatic carbocycles. The van der Waals surface area contributed by atoms with Gasteiger partial charge in [-0.1, -0.05) is 19.9 Å². The minimum absolute atomic E-state index is 0.0201. The third-order valence-corrected chi connectivity index (χ3v) is 11.3. The van der Waals surface area contributed by atoms with Crippen LogP contribution in [-0.2, 0) is 25.4 Å². The van der Waals surface area contributed by atoms with E-state index in [-0.39, 0.29) is 47.4 Å². The second kappa shape index (κ2) is 17.7. The summed E-state index contributed by atoms with van der Waals surface area (Å²) in [6.45, 7) is 11.6. The number of amides is 4. The summed E-state index contributed by atoms with van der Waals surface area (Å²) >= 11 is 5.76. The number of rotatable bonds is 13. The molecule has 312 valence electrons. The molecule has 3 saturated heterocycles. The Morgan fingerprint density at radius 3 is 2.39 bits per heavy atom. The predicted molar refractivity (Wildman–Crippen MR) is 221 cm³/mol. The van der Waals surface area contributed by atoms with Gasteiger partial charge in [-0.25, -0.2) is 0 Å². The monoisotopic (exact) mass is 832 g/mol. The third kappa shape index (κ3) is 9.67. The second-order valence-electron chi connectivity index (χ2n) is 15.4. The van der Waals surface area contributed by atoms with Crippen molar-refractivity contribution in [3.8, 4) is 11.8 Å². The Bertz CT molecular complexity index is 2170. The first-order valence-electron chi connectivity index (χ1n) is 19.5. The first kappa shape index (κ1) is 43.0. The van der Waals surface area contributed by atoms with Gasteiger partial charge in [0, 0.05) is 56.2 Å². The van der Waals surface area contributed by atoms with Gasteiger partial charge in [-0.2, -0.15) is 18.4 Å². The van der Waals surface area contributed by atoms with Crippen molar-refractivity contribution in [3.05, 3.63) is 77.4 Å². The molecule has 3 heterocycles. The minimum Gasteiger partial charge on any atom is -0.492 e. The fraction of sp³-hybridized carbons (Fsp3) is 0.429. The van der Waals surface area contributed by atoms with Crippen LogP contribution < -0.4 is 30.5 Å². The van der Waals surface area contributed by atoms with Gasteiger partial charge in [-0.05, 0) is 105 Å². The van der Waals surface area contributed by atoms with Crippen LogP contribution in [-0.4, -0.2) is 96.0 Å². The molecule has 3 N–H and O–H groups in total. The molecule has 3 aliphatic rings. The van der Waals surface area contributed by atoms with E-state index in [1.54, 1.807) is 55.1 Å². The first-order valence-corrected chi connectivity index (χ1v) is 19.9. The van der Waals surface area contributed by atoms with E-state index >= 15 is 0 Å². The number of hydrogen-bond acceptors (Lipinski definition) is 10.